The minimum Gasteiger partial charge on any atom is -0.456 e. The second-order valence-corrected chi connectivity index (χ2v) is 10.3. The zero-order valence-corrected chi connectivity index (χ0v) is 22.0. The summed E-state index contributed by atoms with van der Waals surface area (Å²) in [4.78, 5) is 14.5. The monoisotopic (exact) mass is 567 g/mol. The number of furan rings is 2. The second kappa shape index (κ2) is 8.61. The number of fused-ring (bicyclic) bond motifs is 7. The molecule has 0 aliphatic rings. The number of hydrogen-bond donors (Lipinski definition) is 0. The molecule has 0 amide bonds. The Kier molecular flexibility index (Phi) is 4.90. The van der Waals surface area contributed by atoms with Gasteiger partial charge in [-0.1, -0.05) is 82.7 Å². The molecule has 0 saturated carbocycles. The van der Waals surface area contributed by atoms with Gasteiger partial charge in [-0.25, -0.2) is 15.0 Å². The number of benzene rings is 5. The van der Waals surface area contributed by atoms with Gasteiger partial charge in [-0.05, 0) is 42.5 Å². The second-order valence-electron chi connectivity index (χ2n) is 9.41. The third-order valence-electron chi connectivity index (χ3n) is 6.99. The van der Waals surface area contributed by atoms with Crippen LogP contribution in [-0.2, 0) is 0 Å². The molecule has 0 bridgehead atoms. The lowest BCUT2D eigenvalue weighted by Gasteiger charge is -2.08. The molecular formula is C33H18BrN3O2. The van der Waals surface area contributed by atoms with Crippen molar-refractivity contribution in [1.82, 2.24) is 15.0 Å². The first-order valence-corrected chi connectivity index (χ1v) is 13.3. The molecule has 0 fully saturated rings. The number of halogens is 1. The molecule has 39 heavy (non-hydrogen) atoms. The summed E-state index contributed by atoms with van der Waals surface area (Å²) in [6.45, 7) is 0. The summed E-state index contributed by atoms with van der Waals surface area (Å²) in [5.74, 6) is 1.84. The van der Waals surface area contributed by atoms with Gasteiger partial charge in [-0.15, -0.1) is 0 Å². The van der Waals surface area contributed by atoms with Crippen molar-refractivity contribution < 1.29 is 8.83 Å². The fraction of sp³-hybridized carbons (Fsp3) is 0. The molecule has 0 radical (unpaired) electrons. The predicted octanol–water partition coefficient (Wildman–Crippen LogP) is 9.43. The molecule has 184 valence electrons. The molecule has 0 N–H and O–H groups in total. The van der Waals surface area contributed by atoms with Crippen molar-refractivity contribution in [2.24, 2.45) is 0 Å². The highest BCUT2D eigenvalue weighted by atomic mass is 79.9. The van der Waals surface area contributed by atoms with Gasteiger partial charge in [0.25, 0.3) is 0 Å². The summed E-state index contributed by atoms with van der Waals surface area (Å²) in [6, 6.07) is 36.1. The number of nitrogens with zero attached hydrogens (tertiary/aromatic N) is 3. The van der Waals surface area contributed by atoms with Gasteiger partial charge in [-0.2, -0.15) is 0 Å². The molecule has 0 spiro atoms. The lowest BCUT2D eigenvalue weighted by molar-refractivity contribution is 0.663. The van der Waals surface area contributed by atoms with Crippen LogP contribution in [0.25, 0.3) is 78.0 Å². The van der Waals surface area contributed by atoms with E-state index in [1.54, 1.807) is 0 Å². The van der Waals surface area contributed by atoms with Crippen molar-refractivity contribution in [1.29, 1.82) is 0 Å². The van der Waals surface area contributed by atoms with Crippen LogP contribution < -0.4 is 0 Å². The summed E-state index contributed by atoms with van der Waals surface area (Å²) < 4.78 is 13.5. The van der Waals surface area contributed by atoms with Crippen LogP contribution >= 0.6 is 15.9 Å². The van der Waals surface area contributed by atoms with Crippen molar-refractivity contribution >= 4 is 59.8 Å². The lowest BCUT2D eigenvalue weighted by atomic mass is 10.0. The van der Waals surface area contributed by atoms with Gasteiger partial charge in [0, 0.05) is 42.7 Å². The van der Waals surface area contributed by atoms with Gasteiger partial charge in [0.2, 0.25) is 0 Å². The zero-order chi connectivity index (χ0) is 25.9. The highest BCUT2D eigenvalue weighted by Crippen LogP contribution is 2.41. The van der Waals surface area contributed by atoms with Crippen LogP contribution in [0.2, 0.25) is 0 Å². The number of hydrogen-bond acceptors (Lipinski definition) is 5. The average Bonchev–Trinajstić information content (AvgIpc) is 3.55. The first kappa shape index (κ1) is 22.2. The van der Waals surface area contributed by atoms with Gasteiger partial charge >= 0.3 is 0 Å². The molecule has 8 aromatic rings. The van der Waals surface area contributed by atoms with E-state index in [0.717, 1.165) is 65.0 Å². The predicted molar refractivity (Wildman–Crippen MR) is 158 cm³/mol. The van der Waals surface area contributed by atoms with Gasteiger partial charge in [-0.3, -0.25) is 0 Å². The Hall–Kier alpha value is -4.81. The Bertz CT molecular complexity index is 2130. The molecule has 5 aromatic carbocycles. The average molecular weight is 568 g/mol. The Morgan fingerprint density at radius 3 is 1.62 bits per heavy atom. The van der Waals surface area contributed by atoms with E-state index in [1.165, 1.54) is 0 Å². The third kappa shape index (κ3) is 3.64. The van der Waals surface area contributed by atoms with E-state index in [9.17, 15) is 0 Å². The molecule has 5 nitrogen and oxygen atoms in total. The number of rotatable bonds is 3. The molecule has 3 aromatic heterocycles. The molecule has 6 heteroatoms. The minimum absolute atomic E-state index is 0.591. The van der Waals surface area contributed by atoms with Crippen molar-refractivity contribution in [2.75, 3.05) is 0 Å². The highest BCUT2D eigenvalue weighted by Gasteiger charge is 2.18. The largest absolute Gasteiger partial charge is 0.456 e. The maximum Gasteiger partial charge on any atom is 0.164 e. The molecule has 3 heterocycles. The topological polar surface area (TPSA) is 65.0 Å². The van der Waals surface area contributed by atoms with Gasteiger partial charge in [0.1, 0.15) is 22.3 Å². The van der Waals surface area contributed by atoms with E-state index in [2.05, 4.69) is 28.1 Å². The van der Waals surface area contributed by atoms with Gasteiger partial charge < -0.3 is 8.83 Å². The first-order chi connectivity index (χ1) is 19.2. The fourth-order valence-corrected chi connectivity index (χ4v) is 5.54. The third-order valence-corrected chi connectivity index (χ3v) is 7.48. The van der Waals surface area contributed by atoms with Crippen molar-refractivity contribution in [3.8, 4) is 34.2 Å². The highest BCUT2D eigenvalue weighted by molar-refractivity contribution is 9.10. The summed E-state index contributed by atoms with van der Waals surface area (Å²) in [5, 5.41) is 4.15. The molecular weight excluding hydrogens is 550 g/mol. The quantitative estimate of drug-likeness (QED) is 0.212. The Labute approximate surface area is 230 Å². The normalized spacial score (nSPS) is 11.7. The molecule has 0 atom stereocenters. The van der Waals surface area contributed by atoms with Crippen LogP contribution in [0.15, 0.2) is 123 Å². The standard InChI is InChI=1S/C33H18BrN3O2/c34-22-12-14-25-24(18-22)30-27(38-25)16-15-26-29(30)23-13-11-21(17-28(23)39-26)33-36-31(19-7-3-1-4-8-19)35-32(37-33)20-9-5-2-6-10-20/h1-18H. The van der Waals surface area contributed by atoms with E-state index < -0.39 is 0 Å². The lowest BCUT2D eigenvalue weighted by Crippen LogP contribution is -2.00. The van der Waals surface area contributed by atoms with Crippen LogP contribution in [0, 0.1) is 0 Å². The van der Waals surface area contributed by atoms with Crippen LogP contribution in [0.3, 0.4) is 0 Å². The van der Waals surface area contributed by atoms with E-state index >= 15 is 0 Å². The minimum atomic E-state index is 0.591. The van der Waals surface area contributed by atoms with E-state index in [0.29, 0.717) is 17.5 Å². The van der Waals surface area contributed by atoms with Crippen LogP contribution in [-0.4, -0.2) is 15.0 Å². The van der Waals surface area contributed by atoms with Crippen LogP contribution in [0.4, 0.5) is 0 Å². The van der Waals surface area contributed by atoms with Crippen molar-refractivity contribution in [3.05, 3.63) is 114 Å². The van der Waals surface area contributed by atoms with E-state index in [1.807, 2.05) is 97.1 Å². The Balaban J connectivity index is 1.35. The summed E-state index contributed by atoms with van der Waals surface area (Å²) in [7, 11) is 0. The maximum absolute atomic E-state index is 6.38. The maximum atomic E-state index is 6.38. The van der Waals surface area contributed by atoms with Crippen molar-refractivity contribution in [3.63, 3.8) is 0 Å². The van der Waals surface area contributed by atoms with E-state index in [-0.39, 0.29) is 0 Å². The smallest absolute Gasteiger partial charge is 0.164 e. The molecule has 0 saturated heterocycles. The number of aromatic nitrogens is 3. The zero-order valence-electron chi connectivity index (χ0n) is 20.4. The molecule has 0 unspecified atom stereocenters. The Morgan fingerprint density at radius 2 is 0.974 bits per heavy atom. The molecule has 0 aliphatic carbocycles. The fourth-order valence-electron chi connectivity index (χ4n) is 5.18. The molecule has 0 aliphatic heterocycles. The van der Waals surface area contributed by atoms with Crippen molar-refractivity contribution in [2.45, 2.75) is 0 Å². The van der Waals surface area contributed by atoms with Gasteiger partial charge in [0.15, 0.2) is 17.5 Å². The first-order valence-electron chi connectivity index (χ1n) is 12.6. The van der Waals surface area contributed by atoms with E-state index in [4.69, 9.17) is 23.8 Å². The summed E-state index contributed by atoms with van der Waals surface area (Å²) in [6.07, 6.45) is 0. The Morgan fingerprint density at radius 1 is 0.436 bits per heavy atom. The van der Waals surface area contributed by atoms with Crippen LogP contribution in [0.5, 0.6) is 0 Å². The SMILES string of the molecule is Brc1ccc2oc3ccc4oc5cc(-c6nc(-c7ccccc7)nc(-c7ccccc7)n6)ccc5c4c3c2c1. The summed E-state index contributed by atoms with van der Waals surface area (Å²) >= 11 is 3.60. The summed E-state index contributed by atoms with van der Waals surface area (Å²) in [5.41, 5.74) is 5.98. The van der Waals surface area contributed by atoms with Crippen LogP contribution in [0.1, 0.15) is 0 Å². The molecule has 8 rings (SSSR count). The van der Waals surface area contributed by atoms with Gasteiger partial charge in [0.05, 0.1) is 0 Å².